The van der Waals surface area contributed by atoms with Crippen LogP contribution < -0.4 is 5.63 Å². The molecule has 1 fully saturated rings. The number of piperidine rings is 1. The molecule has 0 N–H and O–H groups in total. The van der Waals surface area contributed by atoms with Gasteiger partial charge in [0.25, 0.3) is 0 Å². The highest BCUT2D eigenvalue weighted by atomic mass is 16.5. The molecule has 1 saturated heterocycles. The van der Waals surface area contributed by atoms with Gasteiger partial charge >= 0.3 is 11.6 Å². The van der Waals surface area contributed by atoms with Gasteiger partial charge in [-0.25, -0.2) is 4.79 Å². The van der Waals surface area contributed by atoms with Gasteiger partial charge < -0.3 is 14.1 Å². The summed E-state index contributed by atoms with van der Waals surface area (Å²) in [5.74, 6) is -0.303. The Bertz CT molecular complexity index is 1300. The molecule has 1 aliphatic heterocycles. The molecule has 1 aliphatic rings. The summed E-state index contributed by atoms with van der Waals surface area (Å²) in [6.07, 6.45) is 4.49. The predicted molar refractivity (Wildman–Crippen MR) is 136 cm³/mol. The number of nitrogens with zero attached hydrogens (tertiary/aromatic N) is 1. The number of hydrogen-bond donors (Lipinski definition) is 0. The van der Waals surface area contributed by atoms with Crippen LogP contribution in [0.2, 0.25) is 0 Å². The van der Waals surface area contributed by atoms with Crippen LogP contribution in [0, 0.1) is 12.8 Å². The van der Waals surface area contributed by atoms with E-state index in [1.165, 1.54) is 6.07 Å². The van der Waals surface area contributed by atoms with Crippen molar-refractivity contribution in [2.45, 2.75) is 46.1 Å². The first-order valence-corrected chi connectivity index (χ1v) is 12.1. The van der Waals surface area contributed by atoms with Crippen molar-refractivity contribution in [1.82, 2.24) is 4.90 Å². The number of esters is 1. The van der Waals surface area contributed by atoms with Gasteiger partial charge in [0.2, 0.25) is 5.91 Å². The van der Waals surface area contributed by atoms with Crippen LogP contribution in [0.25, 0.3) is 17.0 Å². The van der Waals surface area contributed by atoms with E-state index in [4.69, 9.17) is 9.15 Å². The highest BCUT2D eigenvalue weighted by Gasteiger charge is 2.28. The third-order valence-electron chi connectivity index (χ3n) is 6.57. The van der Waals surface area contributed by atoms with Crippen LogP contribution in [0.4, 0.5) is 0 Å². The van der Waals surface area contributed by atoms with E-state index < -0.39 is 5.63 Å². The van der Waals surface area contributed by atoms with Crippen molar-refractivity contribution >= 4 is 28.9 Å². The Kier molecular flexibility index (Phi) is 7.49. The molecule has 2 heterocycles. The number of aryl methyl sites for hydroxylation is 1. The van der Waals surface area contributed by atoms with E-state index in [1.54, 1.807) is 17.1 Å². The number of likely N-dealkylation sites (tertiary alicyclic amines) is 1. The number of carbonyl (C=O) groups is 2. The summed E-state index contributed by atoms with van der Waals surface area (Å²) >= 11 is 0. The number of amides is 1. The van der Waals surface area contributed by atoms with Crippen LogP contribution >= 0.6 is 0 Å². The van der Waals surface area contributed by atoms with Crippen molar-refractivity contribution < 1.29 is 18.7 Å². The number of fused-ring (bicyclic) bond motifs is 1. The maximum atomic E-state index is 12.8. The lowest BCUT2D eigenvalue weighted by atomic mass is 9.95. The zero-order valence-corrected chi connectivity index (χ0v) is 20.5. The zero-order chi connectivity index (χ0) is 24.9. The lowest BCUT2D eigenvalue weighted by Gasteiger charge is -2.30. The summed E-state index contributed by atoms with van der Waals surface area (Å²) in [6, 6.07) is 15.0. The first kappa shape index (κ1) is 24.5. The maximum Gasteiger partial charge on any atom is 0.336 e. The van der Waals surface area contributed by atoms with Gasteiger partial charge in [0.1, 0.15) is 12.2 Å². The Labute approximate surface area is 205 Å². The number of hydrogen-bond acceptors (Lipinski definition) is 5. The third kappa shape index (κ3) is 5.88. The summed E-state index contributed by atoms with van der Waals surface area (Å²) in [4.78, 5) is 39.1. The van der Waals surface area contributed by atoms with E-state index in [0.717, 1.165) is 22.1 Å². The molecular weight excluding hydrogens is 442 g/mol. The van der Waals surface area contributed by atoms with Crippen LogP contribution in [-0.4, -0.2) is 29.9 Å². The molecule has 0 aliphatic carbocycles. The second kappa shape index (κ2) is 10.7. The second-order valence-corrected chi connectivity index (χ2v) is 9.40. The van der Waals surface area contributed by atoms with Gasteiger partial charge in [-0.3, -0.25) is 9.59 Å². The smallest absolute Gasteiger partial charge is 0.336 e. The first-order valence-electron chi connectivity index (χ1n) is 12.1. The van der Waals surface area contributed by atoms with Crippen LogP contribution in [-0.2, 0) is 20.9 Å². The molecule has 3 aromatic rings. The molecule has 0 spiro atoms. The molecule has 6 nitrogen and oxygen atoms in total. The zero-order valence-electron chi connectivity index (χ0n) is 20.5. The Morgan fingerprint density at radius 2 is 1.83 bits per heavy atom. The summed E-state index contributed by atoms with van der Waals surface area (Å²) in [5, 5.41) is 0.789. The highest BCUT2D eigenvalue weighted by Crippen LogP contribution is 2.28. The normalized spacial score (nSPS) is 14.7. The third-order valence-corrected chi connectivity index (χ3v) is 6.57. The van der Waals surface area contributed by atoms with Crippen LogP contribution in [0.15, 0.2) is 63.8 Å². The quantitative estimate of drug-likeness (QED) is 0.279. The van der Waals surface area contributed by atoms with Crippen LogP contribution in [0.1, 0.15) is 54.9 Å². The minimum Gasteiger partial charge on any atom is -0.461 e. The molecule has 0 radical (unpaired) electrons. The van der Waals surface area contributed by atoms with E-state index >= 15 is 0 Å². The van der Waals surface area contributed by atoms with Gasteiger partial charge in [-0.2, -0.15) is 0 Å². The Morgan fingerprint density at radius 1 is 1.11 bits per heavy atom. The SMILES string of the molecule is Cc1cc2oc(=O)cc(COC(=O)C3CCN(C(=O)/C=C/c4ccccc4)CC3)c2cc1C(C)C. The number of rotatable bonds is 6. The summed E-state index contributed by atoms with van der Waals surface area (Å²) in [6.45, 7) is 7.25. The maximum absolute atomic E-state index is 12.8. The molecule has 1 aromatic heterocycles. The monoisotopic (exact) mass is 473 g/mol. The van der Waals surface area contributed by atoms with Gasteiger partial charge in [0, 0.05) is 36.2 Å². The molecule has 4 rings (SSSR count). The molecule has 2 aromatic carbocycles. The van der Waals surface area contributed by atoms with Crippen molar-refractivity contribution in [1.29, 1.82) is 0 Å². The topological polar surface area (TPSA) is 76.8 Å². The molecular formula is C29H31NO5. The molecule has 182 valence electrons. The molecule has 35 heavy (non-hydrogen) atoms. The summed E-state index contributed by atoms with van der Waals surface area (Å²) < 4.78 is 11.0. The number of ether oxygens (including phenoxy) is 1. The van der Waals surface area contributed by atoms with Crippen LogP contribution in [0.5, 0.6) is 0 Å². The fourth-order valence-corrected chi connectivity index (χ4v) is 4.57. The van der Waals surface area contributed by atoms with E-state index in [-0.39, 0.29) is 24.4 Å². The summed E-state index contributed by atoms with van der Waals surface area (Å²) in [5.41, 5.74) is 3.88. The molecule has 0 saturated carbocycles. The van der Waals surface area contributed by atoms with Crippen molar-refractivity contribution in [3.8, 4) is 0 Å². The van der Waals surface area contributed by atoms with E-state index in [0.29, 0.717) is 43.0 Å². The average Bonchev–Trinajstić information content (AvgIpc) is 2.85. The van der Waals surface area contributed by atoms with Gasteiger partial charge in [0.05, 0.1) is 5.92 Å². The molecule has 1 amide bonds. The van der Waals surface area contributed by atoms with Crippen LogP contribution in [0.3, 0.4) is 0 Å². The summed E-state index contributed by atoms with van der Waals surface area (Å²) in [7, 11) is 0. The molecule has 0 bridgehead atoms. The Hall–Kier alpha value is -3.67. The minimum atomic E-state index is -0.462. The fourth-order valence-electron chi connectivity index (χ4n) is 4.57. The van der Waals surface area contributed by atoms with Crippen molar-refractivity contribution in [2.75, 3.05) is 13.1 Å². The molecule has 0 unspecified atom stereocenters. The standard InChI is InChI=1S/C29H31NO5/c1-19(2)24-17-25-23(16-28(32)35-26(25)15-20(24)3)18-34-29(33)22-11-13-30(14-12-22)27(31)10-9-21-7-5-4-6-8-21/h4-10,15-17,19,22H,11-14,18H2,1-3H3/b10-9+. The number of benzene rings is 2. The second-order valence-electron chi connectivity index (χ2n) is 9.40. The van der Waals surface area contributed by atoms with Gasteiger partial charge in [-0.15, -0.1) is 0 Å². The minimum absolute atomic E-state index is 0.0144. The van der Waals surface area contributed by atoms with Crippen molar-refractivity contribution in [3.05, 3.63) is 87.3 Å². The van der Waals surface area contributed by atoms with E-state index in [1.807, 2.05) is 49.4 Å². The molecule has 0 atom stereocenters. The van der Waals surface area contributed by atoms with Crippen molar-refractivity contribution in [3.63, 3.8) is 0 Å². The lowest BCUT2D eigenvalue weighted by Crippen LogP contribution is -2.39. The van der Waals surface area contributed by atoms with Crippen molar-refractivity contribution in [2.24, 2.45) is 5.92 Å². The largest absolute Gasteiger partial charge is 0.461 e. The highest BCUT2D eigenvalue weighted by molar-refractivity contribution is 5.92. The predicted octanol–water partition coefficient (Wildman–Crippen LogP) is 5.22. The van der Waals surface area contributed by atoms with E-state index in [2.05, 4.69) is 13.8 Å². The number of carbonyl (C=O) groups excluding carboxylic acids is 2. The van der Waals surface area contributed by atoms with Gasteiger partial charge in [-0.1, -0.05) is 44.2 Å². The fraction of sp³-hybridized carbons (Fsp3) is 0.345. The lowest BCUT2D eigenvalue weighted by molar-refractivity contribution is -0.152. The molecule has 6 heteroatoms. The van der Waals surface area contributed by atoms with E-state index in [9.17, 15) is 14.4 Å². The Morgan fingerprint density at radius 3 is 2.51 bits per heavy atom. The first-order chi connectivity index (χ1) is 16.8. The van der Waals surface area contributed by atoms with Gasteiger partial charge in [-0.05, 0) is 60.6 Å². The average molecular weight is 474 g/mol. The Balaban J connectivity index is 1.36. The van der Waals surface area contributed by atoms with Gasteiger partial charge in [0.15, 0.2) is 0 Å².